The van der Waals surface area contributed by atoms with Crippen molar-refractivity contribution in [2.45, 2.75) is 32.2 Å². The monoisotopic (exact) mass is 345 g/mol. The lowest BCUT2D eigenvalue weighted by molar-refractivity contribution is 0.174. The molecule has 1 aromatic carbocycles. The predicted molar refractivity (Wildman–Crippen MR) is 96.4 cm³/mol. The Balaban J connectivity index is 1.22. The summed E-state index contributed by atoms with van der Waals surface area (Å²) < 4.78 is 10.8. The second-order valence-corrected chi connectivity index (χ2v) is 7.26. The second-order valence-electron chi connectivity index (χ2n) is 6.42. The number of aryl methyl sites for hydroxylation is 1. The van der Waals surface area contributed by atoms with Crippen molar-refractivity contribution in [1.82, 2.24) is 10.3 Å². The number of nitrogens with zero attached hydrogens (tertiary/aromatic N) is 2. The van der Waals surface area contributed by atoms with E-state index in [-0.39, 0.29) is 0 Å². The summed E-state index contributed by atoms with van der Waals surface area (Å²) in [6, 6.07) is 6.84. The van der Waals surface area contributed by atoms with Gasteiger partial charge in [0.25, 0.3) is 0 Å². The van der Waals surface area contributed by atoms with E-state index in [4.69, 9.17) is 9.47 Å². The minimum atomic E-state index is 0.342. The molecule has 0 aliphatic carbocycles. The van der Waals surface area contributed by atoms with Crippen LogP contribution in [0, 0.1) is 6.92 Å². The normalized spacial score (nSPS) is 17.5. The molecule has 24 heavy (non-hydrogen) atoms. The zero-order chi connectivity index (χ0) is 16.4. The van der Waals surface area contributed by atoms with Gasteiger partial charge in [-0.05, 0) is 50.4 Å². The Bertz CT molecular complexity index is 695. The van der Waals surface area contributed by atoms with E-state index in [1.54, 1.807) is 11.3 Å². The van der Waals surface area contributed by atoms with E-state index in [2.05, 4.69) is 39.6 Å². The van der Waals surface area contributed by atoms with Crippen molar-refractivity contribution in [3.63, 3.8) is 0 Å². The molecule has 2 aliphatic rings. The molecule has 1 saturated heterocycles. The number of rotatable bonds is 5. The van der Waals surface area contributed by atoms with Crippen LogP contribution in [0.1, 0.15) is 24.1 Å². The van der Waals surface area contributed by atoms with Crippen LogP contribution >= 0.6 is 11.3 Å². The summed E-state index contributed by atoms with van der Waals surface area (Å²) in [7, 11) is 0. The molecule has 3 heterocycles. The molecule has 0 radical (unpaired) electrons. The van der Waals surface area contributed by atoms with Gasteiger partial charge in [0.2, 0.25) is 6.79 Å². The molecule has 0 amide bonds. The van der Waals surface area contributed by atoms with E-state index < -0.39 is 0 Å². The van der Waals surface area contributed by atoms with Crippen molar-refractivity contribution < 1.29 is 9.47 Å². The average molecular weight is 345 g/mol. The number of piperidine rings is 1. The minimum absolute atomic E-state index is 0.342. The third-order valence-corrected chi connectivity index (χ3v) is 5.68. The Morgan fingerprint density at radius 1 is 1.25 bits per heavy atom. The predicted octanol–water partition coefficient (Wildman–Crippen LogP) is 2.98. The van der Waals surface area contributed by atoms with E-state index in [1.807, 2.05) is 6.07 Å². The molecule has 1 fully saturated rings. The highest BCUT2D eigenvalue weighted by atomic mass is 32.1. The maximum absolute atomic E-state index is 5.44. The first-order chi connectivity index (χ1) is 11.8. The summed E-state index contributed by atoms with van der Waals surface area (Å²) in [5.41, 5.74) is 2.42. The number of anilines is 1. The van der Waals surface area contributed by atoms with Gasteiger partial charge in [-0.25, -0.2) is 4.98 Å². The topological polar surface area (TPSA) is 46.6 Å². The number of hydrogen-bond donors (Lipinski definition) is 1. The number of nitrogens with one attached hydrogen (secondary N) is 1. The van der Waals surface area contributed by atoms with Crippen LogP contribution in [-0.2, 0) is 6.42 Å². The van der Waals surface area contributed by atoms with Crippen LogP contribution in [0.4, 0.5) is 5.13 Å². The fraction of sp³-hybridized carbons (Fsp3) is 0.500. The molecule has 4 rings (SSSR count). The van der Waals surface area contributed by atoms with Gasteiger partial charge in [-0.2, -0.15) is 0 Å². The zero-order valence-electron chi connectivity index (χ0n) is 14.0. The van der Waals surface area contributed by atoms with Crippen molar-refractivity contribution in [3.05, 3.63) is 34.8 Å². The van der Waals surface area contributed by atoms with Gasteiger partial charge in [0, 0.05) is 24.5 Å². The van der Waals surface area contributed by atoms with Crippen LogP contribution in [0.5, 0.6) is 11.5 Å². The third-order valence-electron chi connectivity index (χ3n) is 4.66. The van der Waals surface area contributed by atoms with Gasteiger partial charge in [0.15, 0.2) is 16.6 Å². The molecule has 5 nitrogen and oxygen atoms in total. The maximum Gasteiger partial charge on any atom is 0.231 e. The second kappa shape index (κ2) is 6.99. The lowest BCUT2D eigenvalue weighted by Crippen LogP contribution is -2.43. The molecule has 1 aromatic heterocycles. The van der Waals surface area contributed by atoms with Gasteiger partial charge in [-0.1, -0.05) is 6.07 Å². The molecule has 6 heteroatoms. The van der Waals surface area contributed by atoms with Gasteiger partial charge >= 0.3 is 0 Å². The molecular weight excluding hydrogens is 322 g/mol. The lowest BCUT2D eigenvalue weighted by Gasteiger charge is -2.32. The van der Waals surface area contributed by atoms with Gasteiger partial charge < -0.3 is 19.7 Å². The standard InChI is InChI=1S/C18H23N3O2S/c1-13-11-24-18(20-13)21-8-5-15(6-9-21)19-7-4-14-2-3-16-17(10-14)23-12-22-16/h2-3,10-11,15,19H,4-9,12H2,1H3. The van der Waals surface area contributed by atoms with Crippen LogP contribution in [-0.4, -0.2) is 37.5 Å². The lowest BCUT2D eigenvalue weighted by atomic mass is 10.0. The van der Waals surface area contributed by atoms with Gasteiger partial charge in [0.05, 0.1) is 5.69 Å². The van der Waals surface area contributed by atoms with Crippen molar-refractivity contribution >= 4 is 16.5 Å². The average Bonchev–Trinajstić information content (AvgIpc) is 3.24. The zero-order valence-corrected chi connectivity index (χ0v) is 14.8. The molecular formula is C18H23N3O2S. The van der Waals surface area contributed by atoms with E-state index in [9.17, 15) is 0 Å². The van der Waals surface area contributed by atoms with Crippen LogP contribution in [0.2, 0.25) is 0 Å². The summed E-state index contributed by atoms with van der Waals surface area (Å²) >= 11 is 1.75. The van der Waals surface area contributed by atoms with Crippen molar-refractivity contribution in [1.29, 1.82) is 0 Å². The molecule has 1 N–H and O–H groups in total. The first kappa shape index (κ1) is 15.7. The quantitative estimate of drug-likeness (QED) is 0.903. The van der Waals surface area contributed by atoms with Crippen LogP contribution < -0.4 is 19.7 Å². The van der Waals surface area contributed by atoms with Gasteiger partial charge in [-0.3, -0.25) is 0 Å². The number of fused-ring (bicyclic) bond motifs is 1. The molecule has 0 unspecified atom stereocenters. The molecule has 0 spiro atoms. The molecule has 2 aromatic rings. The van der Waals surface area contributed by atoms with Gasteiger partial charge in [-0.15, -0.1) is 11.3 Å². The molecule has 0 atom stereocenters. The van der Waals surface area contributed by atoms with Crippen LogP contribution in [0.25, 0.3) is 0 Å². The Kier molecular flexibility index (Phi) is 4.58. The SMILES string of the molecule is Cc1csc(N2CCC(NCCc3ccc4c(c3)OCO4)CC2)n1. The summed E-state index contributed by atoms with van der Waals surface area (Å²) in [4.78, 5) is 7.00. The molecule has 0 bridgehead atoms. The first-order valence-corrected chi connectivity index (χ1v) is 9.45. The molecule has 2 aliphatic heterocycles. The Morgan fingerprint density at radius 2 is 2.08 bits per heavy atom. The van der Waals surface area contributed by atoms with E-state index in [0.717, 1.165) is 43.2 Å². The summed E-state index contributed by atoms with van der Waals surface area (Å²) in [5.74, 6) is 1.73. The van der Waals surface area contributed by atoms with Crippen LogP contribution in [0.3, 0.4) is 0 Å². The minimum Gasteiger partial charge on any atom is -0.454 e. The van der Waals surface area contributed by atoms with E-state index >= 15 is 0 Å². The number of aromatic nitrogens is 1. The third kappa shape index (κ3) is 3.49. The number of thiazole rings is 1. The molecule has 0 saturated carbocycles. The summed E-state index contributed by atoms with van der Waals surface area (Å²) in [5, 5.41) is 7.00. The van der Waals surface area contributed by atoms with Gasteiger partial charge in [0.1, 0.15) is 0 Å². The van der Waals surface area contributed by atoms with Crippen molar-refractivity contribution in [2.75, 3.05) is 31.3 Å². The van der Waals surface area contributed by atoms with E-state index in [1.165, 1.54) is 23.5 Å². The fourth-order valence-corrected chi connectivity index (χ4v) is 4.14. The van der Waals surface area contributed by atoms with Crippen LogP contribution in [0.15, 0.2) is 23.6 Å². The first-order valence-electron chi connectivity index (χ1n) is 8.57. The fourth-order valence-electron chi connectivity index (χ4n) is 3.28. The Hall–Kier alpha value is -1.79. The number of benzene rings is 1. The smallest absolute Gasteiger partial charge is 0.231 e. The highest BCUT2D eigenvalue weighted by Crippen LogP contribution is 2.32. The number of ether oxygens (including phenoxy) is 2. The highest BCUT2D eigenvalue weighted by Gasteiger charge is 2.20. The summed E-state index contributed by atoms with van der Waals surface area (Å²) in [6.07, 6.45) is 3.38. The largest absolute Gasteiger partial charge is 0.454 e. The Morgan fingerprint density at radius 3 is 2.88 bits per heavy atom. The van der Waals surface area contributed by atoms with Crippen molar-refractivity contribution in [2.24, 2.45) is 0 Å². The van der Waals surface area contributed by atoms with Crippen molar-refractivity contribution in [3.8, 4) is 11.5 Å². The summed E-state index contributed by atoms with van der Waals surface area (Å²) in [6.45, 7) is 5.59. The molecule has 128 valence electrons. The Labute approximate surface area is 146 Å². The highest BCUT2D eigenvalue weighted by molar-refractivity contribution is 7.13. The van der Waals surface area contributed by atoms with E-state index in [0.29, 0.717) is 12.8 Å². The maximum atomic E-state index is 5.44. The number of hydrogen-bond acceptors (Lipinski definition) is 6.